The highest BCUT2D eigenvalue weighted by molar-refractivity contribution is 9.10. The molecule has 3 rings (SSSR count). The van der Waals surface area contributed by atoms with E-state index in [0.29, 0.717) is 24.1 Å². The fraction of sp³-hybridized carbons (Fsp3) is 0.348. The van der Waals surface area contributed by atoms with E-state index in [4.69, 9.17) is 9.47 Å². The lowest BCUT2D eigenvalue weighted by Gasteiger charge is -2.19. The molecule has 0 spiro atoms. The van der Waals surface area contributed by atoms with Gasteiger partial charge in [-0.05, 0) is 42.7 Å². The van der Waals surface area contributed by atoms with E-state index >= 15 is 0 Å². The fourth-order valence-electron chi connectivity index (χ4n) is 2.91. The Morgan fingerprint density at radius 2 is 1.81 bits per heavy atom. The lowest BCUT2D eigenvalue weighted by atomic mass is 10.1. The third-order valence-electron chi connectivity index (χ3n) is 4.52. The zero-order valence-electron chi connectivity index (χ0n) is 17.8. The Morgan fingerprint density at radius 1 is 1.10 bits per heavy atom. The number of hydrogen-bond donors (Lipinski definition) is 0. The number of rotatable bonds is 10. The molecule has 0 radical (unpaired) electrons. The molecule has 3 aromatic rings. The second-order valence-electron chi connectivity index (χ2n) is 7.25. The zero-order valence-corrected chi connectivity index (χ0v) is 20.2. The van der Waals surface area contributed by atoms with Crippen LogP contribution in [0.1, 0.15) is 32.2 Å². The van der Waals surface area contributed by atoms with Gasteiger partial charge in [0.05, 0.1) is 13.2 Å². The van der Waals surface area contributed by atoms with E-state index in [9.17, 15) is 4.79 Å². The summed E-state index contributed by atoms with van der Waals surface area (Å²) in [5.41, 5.74) is 1.12. The van der Waals surface area contributed by atoms with Crippen LogP contribution >= 0.6 is 27.7 Å². The second-order valence-corrected chi connectivity index (χ2v) is 9.27. The van der Waals surface area contributed by atoms with Crippen molar-refractivity contribution in [3.8, 4) is 5.75 Å². The van der Waals surface area contributed by atoms with Gasteiger partial charge in [-0.3, -0.25) is 9.36 Å². The van der Waals surface area contributed by atoms with Gasteiger partial charge in [0, 0.05) is 4.47 Å². The number of thioether (sulfide) groups is 1. The molecule has 0 bridgehead atoms. The van der Waals surface area contributed by atoms with Gasteiger partial charge >= 0.3 is 5.97 Å². The Labute approximate surface area is 195 Å². The zero-order chi connectivity index (χ0) is 22.2. The van der Waals surface area contributed by atoms with Crippen LogP contribution in [0.25, 0.3) is 0 Å². The lowest BCUT2D eigenvalue weighted by molar-refractivity contribution is -0.143. The minimum absolute atomic E-state index is 0.0911. The number of carbonyl (C=O) groups excluding carboxylic acids is 1. The molecule has 0 saturated carbocycles. The Balaban J connectivity index is 1.85. The van der Waals surface area contributed by atoms with Gasteiger partial charge in [0.15, 0.2) is 11.0 Å². The van der Waals surface area contributed by atoms with Crippen LogP contribution in [-0.2, 0) is 22.7 Å². The van der Waals surface area contributed by atoms with Gasteiger partial charge in [-0.25, -0.2) is 0 Å². The van der Waals surface area contributed by atoms with Crippen molar-refractivity contribution in [3.63, 3.8) is 0 Å². The summed E-state index contributed by atoms with van der Waals surface area (Å²) in [6.45, 7) is 7.03. The first-order valence-electron chi connectivity index (χ1n) is 10.2. The second kappa shape index (κ2) is 11.3. The van der Waals surface area contributed by atoms with Crippen molar-refractivity contribution in [3.05, 3.63) is 70.5 Å². The molecule has 0 aliphatic carbocycles. The lowest BCUT2D eigenvalue weighted by Crippen LogP contribution is -2.26. The van der Waals surface area contributed by atoms with Gasteiger partial charge in [0.1, 0.15) is 17.6 Å². The standard InChI is InChI=1S/C23H26BrN3O3S/c1-4-29-22(28)21(16(2)3)31-23-26-25-20(15-30-19-12-10-18(24)11-13-19)27(23)14-17-8-6-5-7-9-17/h5-13,16,21H,4,14-15H2,1-3H3. The van der Waals surface area contributed by atoms with E-state index in [1.165, 1.54) is 11.8 Å². The van der Waals surface area contributed by atoms with Gasteiger partial charge in [0.2, 0.25) is 0 Å². The Bertz CT molecular complexity index is 977. The molecule has 0 saturated heterocycles. The number of benzene rings is 2. The van der Waals surface area contributed by atoms with Crippen LogP contribution in [0.4, 0.5) is 0 Å². The number of nitrogens with zero attached hydrogens (tertiary/aromatic N) is 3. The van der Waals surface area contributed by atoms with E-state index in [-0.39, 0.29) is 23.7 Å². The van der Waals surface area contributed by atoms with Crippen molar-refractivity contribution in [2.75, 3.05) is 6.61 Å². The molecule has 164 valence electrons. The van der Waals surface area contributed by atoms with Gasteiger partial charge in [-0.15, -0.1) is 10.2 Å². The maximum Gasteiger partial charge on any atom is 0.319 e. The van der Waals surface area contributed by atoms with Crippen LogP contribution < -0.4 is 4.74 Å². The average Bonchev–Trinajstić information content (AvgIpc) is 3.13. The summed E-state index contributed by atoms with van der Waals surface area (Å²) in [6.07, 6.45) is 0. The van der Waals surface area contributed by atoms with E-state index in [1.807, 2.05) is 67.8 Å². The van der Waals surface area contributed by atoms with E-state index in [0.717, 1.165) is 15.8 Å². The molecule has 0 aliphatic heterocycles. The average molecular weight is 504 g/mol. The molecular formula is C23H26BrN3O3S. The molecule has 31 heavy (non-hydrogen) atoms. The fourth-order valence-corrected chi connectivity index (χ4v) is 4.22. The van der Waals surface area contributed by atoms with Crippen molar-refractivity contribution >= 4 is 33.7 Å². The summed E-state index contributed by atoms with van der Waals surface area (Å²) in [7, 11) is 0. The topological polar surface area (TPSA) is 66.2 Å². The molecule has 8 heteroatoms. The number of halogens is 1. The third kappa shape index (κ3) is 6.58. The largest absolute Gasteiger partial charge is 0.486 e. The molecule has 1 aromatic heterocycles. The first-order chi connectivity index (χ1) is 15.0. The van der Waals surface area contributed by atoms with Crippen LogP contribution in [0, 0.1) is 5.92 Å². The highest BCUT2D eigenvalue weighted by Crippen LogP contribution is 2.29. The predicted molar refractivity (Wildman–Crippen MR) is 125 cm³/mol. The van der Waals surface area contributed by atoms with Crippen LogP contribution in [0.2, 0.25) is 0 Å². The Morgan fingerprint density at radius 3 is 2.45 bits per heavy atom. The first-order valence-corrected chi connectivity index (χ1v) is 11.8. The summed E-state index contributed by atoms with van der Waals surface area (Å²) in [5.74, 6) is 1.30. The van der Waals surface area contributed by atoms with Gasteiger partial charge in [-0.2, -0.15) is 0 Å². The van der Waals surface area contributed by atoms with E-state index < -0.39 is 0 Å². The maximum atomic E-state index is 12.5. The summed E-state index contributed by atoms with van der Waals surface area (Å²) < 4.78 is 14.2. The van der Waals surface area contributed by atoms with Crippen LogP contribution in [0.15, 0.2) is 64.2 Å². The SMILES string of the molecule is CCOC(=O)C(Sc1nnc(COc2ccc(Br)cc2)n1Cc1ccccc1)C(C)C. The molecule has 1 atom stereocenters. The molecule has 0 N–H and O–H groups in total. The summed E-state index contributed by atoms with van der Waals surface area (Å²) in [5, 5.41) is 9.06. The highest BCUT2D eigenvalue weighted by atomic mass is 79.9. The molecule has 0 fully saturated rings. The molecular weight excluding hydrogens is 478 g/mol. The quantitative estimate of drug-likeness (QED) is 0.274. The summed E-state index contributed by atoms with van der Waals surface area (Å²) in [6, 6.07) is 17.7. The van der Waals surface area contributed by atoms with Crippen molar-refractivity contribution in [2.45, 2.75) is 44.3 Å². The normalized spacial score (nSPS) is 12.0. The van der Waals surface area contributed by atoms with Crippen molar-refractivity contribution in [1.29, 1.82) is 0 Å². The minimum Gasteiger partial charge on any atom is -0.486 e. The van der Waals surface area contributed by atoms with Crippen LogP contribution in [0.3, 0.4) is 0 Å². The molecule has 0 aliphatic rings. The van der Waals surface area contributed by atoms with Gasteiger partial charge < -0.3 is 9.47 Å². The number of carbonyl (C=O) groups is 1. The monoisotopic (exact) mass is 503 g/mol. The predicted octanol–water partition coefficient (Wildman–Crippen LogP) is 5.35. The van der Waals surface area contributed by atoms with Gasteiger partial charge in [-0.1, -0.05) is 71.9 Å². The minimum atomic E-state index is -0.362. The first kappa shape index (κ1) is 23.3. The molecule has 0 amide bonds. The number of hydrogen-bond acceptors (Lipinski definition) is 6. The number of aromatic nitrogens is 3. The third-order valence-corrected chi connectivity index (χ3v) is 6.55. The van der Waals surface area contributed by atoms with E-state index in [1.54, 1.807) is 0 Å². The molecule has 1 unspecified atom stereocenters. The smallest absolute Gasteiger partial charge is 0.319 e. The van der Waals surface area contributed by atoms with Gasteiger partial charge in [0.25, 0.3) is 0 Å². The van der Waals surface area contributed by atoms with Crippen molar-refractivity contribution < 1.29 is 14.3 Å². The molecule has 2 aromatic carbocycles. The summed E-state index contributed by atoms with van der Waals surface area (Å²) >= 11 is 4.82. The van der Waals surface area contributed by atoms with Crippen molar-refractivity contribution in [1.82, 2.24) is 14.8 Å². The van der Waals surface area contributed by atoms with Crippen LogP contribution in [0.5, 0.6) is 5.75 Å². The van der Waals surface area contributed by atoms with Crippen LogP contribution in [-0.4, -0.2) is 32.6 Å². The molecule has 6 nitrogen and oxygen atoms in total. The summed E-state index contributed by atoms with van der Waals surface area (Å²) in [4.78, 5) is 12.5. The Kier molecular flexibility index (Phi) is 8.54. The van der Waals surface area contributed by atoms with E-state index in [2.05, 4.69) is 38.3 Å². The highest BCUT2D eigenvalue weighted by Gasteiger charge is 2.28. The molecule has 1 heterocycles. The maximum absolute atomic E-state index is 12.5. The van der Waals surface area contributed by atoms with Crippen molar-refractivity contribution in [2.24, 2.45) is 5.92 Å². The number of ether oxygens (including phenoxy) is 2. The number of esters is 1. The Hall–Kier alpha value is -2.32.